The number of ether oxygens (including phenoxy) is 1. The summed E-state index contributed by atoms with van der Waals surface area (Å²) in [5.41, 5.74) is 6.33. The van der Waals surface area contributed by atoms with Gasteiger partial charge in [-0.2, -0.15) is 0 Å². The van der Waals surface area contributed by atoms with Crippen molar-refractivity contribution in [1.29, 1.82) is 0 Å². The Morgan fingerprint density at radius 3 is 1.90 bits per heavy atom. The highest BCUT2D eigenvalue weighted by Gasteiger charge is 2.15. The number of rotatable bonds is 5. The zero-order valence-corrected chi connectivity index (χ0v) is 19.5. The van der Waals surface area contributed by atoms with Gasteiger partial charge in [0.15, 0.2) is 0 Å². The molecule has 0 aliphatic carbocycles. The van der Waals surface area contributed by atoms with Crippen LogP contribution in [-0.2, 0) is 17.6 Å². The van der Waals surface area contributed by atoms with Crippen LogP contribution >= 0.6 is 46.4 Å². The van der Waals surface area contributed by atoms with Crippen LogP contribution in [0.3, 0.4) is 0 Å². The van der Waals surface area contributed by atoms with Gasteiger partial charge in [0.1, 0.15) is 5.60 Å². The Kier molecular flexibility index (Phi) is 11.0. The van der Waals surface area contributed by atoms with Crippen LogP contribution in [0.25, 0.3) is 0 Å². The highest BCUT2D eigenvalue weighted by atomic mass is 35.5. The van der Waals surface area contributed by atoms with Gasteiger partial charge in [-0.3, -0.25) is 9.97 Å². The molecule has 0 atom stereocenters. The highest BCUT2D eigenvalue weighted by Crippen LogP contribution is 2.19. The molecule has 29 heavy (non-hydrogen) atoms. The quantitative estimate of drug-likeness (QED) is 0.600. The summed E-state index contributed by atoms with van der Waals surface area (Å²) in [6.07, 6.45) is 3.85. The number of hydrogen-bond donors (Lipinski definition) is 2. The molecule has 160 valence electrons. The van der Waals surface area contributed by atoms with Crippen molar-refractivity contribution < 1.29 is 9.53 Å². The molecule has 10 heteroatoms. The maximum atomic E-state index is 11.4. The number of nitrogens with two attached hydrogens (primary N) is 1. The summed E-state index contributed by atoms with van der Waals surface area (Å²) in [5, 5.41) is 4.76. The molecule has 0 aliphatic heterocycles. The minimum atomic E-state index is -0.500. The summed E-state index contributed by atoms with van der Waals surface area (Å²) in [4.78, 5) is 19.5. The molecule has 6 nitrogen and oxygen atoms in total. The zero-order valence-electron chi connectivity index (χ0n) is 16.4. The van der Waals surface area contributed by atoms with Gasteiger partial charge in [-0.15, -0.1) is 0 Å². The van der Waals surface area contributed by atoms with Crippen molar-refractivity contribution >= 4 is 52.5 Å². The Morgan fingerprint density at radius 2 is 1.48 bits per heavy atom. The van der Waals surface area contributed by atoms with Crippen LogP contribution in [0.15, 0.2) is 24.5 Å². The van der Waals surface area contributed by atoms with Gasteiger partial charge in [-0.1, -0.05) is 46.4 Å². The lowest BCUT2D eigenvalue weighted by Gasteiger charge is -2.19. The lowest BCUT2D eigenvalue weighted by atomic mass is 10.2. The largest absolute Gasteiger partial charge is 0.444 e. The number of hydrogen-bond acceptors (Lipinski definition) is 5. The average molecular weight is 482 g/mol. The average Bonchev–Trinajstić information content (AvgIpc) is 2.58. The molecule has 0 radical (unpaired) electrons. The first-order valence-corrected chi connectivity index (χ1v) is 10.3. The number of carbonyl (C=O) groups excluding carboxylic acids is 1. The molecule has 2 aromatic heterocycles. The Labute approximate surface area is 191 Å². The SMILES string of the molecule is CC(C)(C)OC(=O)NCCc1ncc(Cl)cc1Cl.NCCc1ncc(Cl)cc1Cl. The van der Waals surface area contributed by atoms with Gasteiger partial charge in [0, 0.05) is 31.8 Å². The van der Waals surface area contributed by atoms with Crippen LogP contribution in [0, 0.1) is 0 Å². The van der Waals surface area contributed by atoms with E-state index >= 15 is 0 Å². The summed E-state index contributed by atoms with van der Waals surface area (Å²) in [5.74, 6) is 0. The summed E-state index contributed by atoms with van der Waals surface area (Å²) >= 11 is 23.1. The van der Waals surface area contributed by atoms with Crippen LogP contribution in [0.2, 0.25) is 20.1 Å². The van der Waals surface area contributed by atoms with E-state index in [-0.39, 0.29) is 0 Å². The van der Waals surface area contributed by atoms with Gasteiger partial charge in [0.25, 0.3) is 0 Å². The smallest absolute Gasteiger partial charge is 0.407 e. The molecule has 0 aliphatic rings. The first-order valence-electron chi connectivity index (χ1n) is 8.78. The van der Waals surface area contributed by atoms with Gasteiger partial charge in [-0.05, 0) is 39.4 Å². The van der Waals surface area contributed by atoms with E-state index in [2.05, 4.69) is 15.3 Å². The molecule has 0 aromatic carbocycles. The topological polar surface area (TPSA) is 90.1 Å². The molecular formula is C19H24Cl4N4O2. The number of aromatic nitrogens is 2. The van der Waals surface area contributed by atoms with E-state index in [4.69, 9.17) is 56.9 Å². The third-order valence-electron chi connectivity index (χ3n) is 3.18. The molecule has 1 amide bonds. The fraction of sp³-hybridized carbons (Fsp3) is 0.421. The van der Waals surface area contributed by atoms with Gasteiger partial charge in [0.2, 0.25) is 0 Å². The number of carbonyl (C=O) groups is 1. The van der Waals surface area contributed by atoms with Crippen molar-refractivity contribution in [1.82, 2.24) is 15.3 Å². The Balaban J connectivity index is 0.000000326. The normalized spacial score (nSPS) is 10.8. The molecule has 0 saturated heterocycles. The van der Waals surface area contributed by atoms with Crippen molar-refractivity contribution in [3.8, 4) is 0 Å². The fourth-order valence-electron chi connectivity index (χ4n) is 1.99. The molecule has 3 N–H and O–H groups in total. The number of alkyl carbamates (subject to hydrolysis) is 1. The van der Waals surface area contributed by atoms with Crippen molar-refractivity contribution in [3.05, 3.63) is 56.0 Å². The molecule has 2 aromatic rings. The third-order valence-corrected chi connectivity index (χ3v) is 4.25. The Morgan fingerprint density at radius 1 is 1.00 bits per heavy atom. The molecule has 2 heterocycles. The minimum absolute atomic E-state index is 0.406. The van der Waals surface area contributed by atoms with Crippen molar-refractivity contribution in [2.45, 2.75) is 39.2 Å². The van der Waals surface area contributed by atoms with E-state index in [1.54, 1.807) is 18.3 Å². The van der Waals surface area contributed by atoms with Crippen LogP contribution in [-0.4, -0.2) is 34.8 Å². The summed E-state index contributed by atoms with van der Waals surface area (Å²) in [6, 6.07) is 3.29. The summed E-state index contributed by atoms with van der Waals surface area (Å²) < 4.78 is 5.10. The van der Waals surface area contributed by atoms with Crippen LogP contribution in [0.1, 0.15) is 32.2 Å². The van der Waals surface area contributed by atoms with Gasteiger partial charge >= 0.3 is 6.09 Å². The predicted molar refractivity (Wildman–Crippen MR) is 119 cm³/mol. The van der Waals surface area contributed by atoms with Crippen LogP contribution in [0.5, 0.6) is 0 Å². The van der Waals surface area contributed by atoms with Gasteiger partial charge in [-0.25, -0.2) is 4.79 Å². The van der Waals surface area contributed by atoms with Crippen molar-refractivity contribution in [3.63, 3.8) is 0 Å². The predicted octanol–water partition coefficient (Wildman–Crippen LogP) is 5.35. The molecule has 0 spiro atoms. The van der Waals surface area contributed by atoms with E-state index < -0.39 is 11.7 Å². The maximum Gasteiger partial charge on any atom is 0.407 e. The number of nitrogens with zero attached hydrogens (tertiary/aromatic N) is 2. The monoisotopic (exact) mass is 480 g/mol. The fourth-order valence-corrected chi connectivity index (χ4v) is 2.94. The highest BCUT2D eigenvalue weighted by molar-refractivity contribution is 6.35. The molecular weight excluding hydrogens is 458 g/mol. The first-order chi connectivity index (χ1) is 13.5. The van der Waals surface area contributed by atoms with Crippen molar-refractivity contribution in [2.24, 2.45) is 5.73 Å². The van der Waals surface area contributed by atoms with Crippen molar-refractivity contribution in [2.75, 3.05) is 13.1 Å². The molecule has 0 saturated carbocycles. The lowest BCUT2D eigenvalue weighted by molar-refractivity contribution is 0.0528. The van der Waals surface area contributed by atoms with Crippen LogP contribution in [0.4, 0.5) is 4.79 Å². The maximum absolute atomic E-state index is 11.4. The Bertz CT molecular complexity index is 813. The van der Waals surface area contributed by atoms with E-state index in [0.717, 1.165) is 5.69 Å². The van der Waals surface area contributed by atoms with Gasteiger partial charge < -0.3 is 15.8 Å². The van der Waals surface area contributed by atoms with Gasteiger partial charge in [0.05, 0.1) is 31.5 Å². The first kappa shape index (κ1) is 25.7. The number of nitrogens with one attached hydrogen (secondary N) is 1. The second-order valence-corrected chi connectivity index (χ2v) is 8.57. The zero-order chi connectivity index (χ0) is 22.0. The third kappa shape index (κ3) is 10.9. The molecule has 2 rings (SSSR count). The summed E-state index contributed by atoms with van der Waals surface area (Å²) in [6.45, 7) is 6.39. The second-order valence-electron chi connectivity index (χ2n) is 6.88. The van der Waals surface area contributed by atoms with E-state index in [0.29, 0.717) is 51.7 Å². The molecule has 0 fully saturated rings. The van der Waals surface area contributed by atoms with E-state index in [1.165, 1.54) is 6.20 Å². The van der Waals surface area contributed by atoms with E-state index in [9.17, 15) is 4.79 Å². The molecule has 0 bridgehead atoms. The molecule has 0 unspecified atom stereocenters. The number of pyridine rings is 2. The lowest BCUT2D eigenvalue weighted by Crippen LogP contribution is -2.33. The number of amides is 1. The van der Waals surface area contributed by atoms with Crippen LogP contribution < -0.4 is 11.1 Å². The minimum Gasteiger partial charge on any atom is -0.444 e. The standard InChI is InChI=1S/C12H16Cl2N2O2.C7H8Cl2N2/c1-12(2,3)18-11(17)15-5-4-10-9(14)6-8(13)7-16-10;8-5-3-6(9)7(1-2-10)11-4-5/h6-7H,4-5H2,1-3H3,(H,15,17);3-4H,1-2,10H2. The second kappa shape index (κ2) is 12.4. The number of halogens is 4. The summed E-state index contributed by atoms with van der Waals surface area (Å²) in [7, 11) is 0. The Hall–Kier alpha value is -1.31. The van der Waals surface area contributed by atoms with E-state index in [1.807, 2.05) is 20.8 Å².